The van der Waals surface area contributed by atoms with Gasteiger partial charge in [-0.3, -0.25) is 14.5 Å². The summed E-state index contributed by atoms with van der Waals surface area (Å²) in [5.41, 5.74) is 2.09. The molecule has 0 spiro atoms. The molecule has 2 saturated heterocycles. The molecule has 0 aliphatic carbocycles. The van der Waals surface area contributed by atoms with Crippen molar-refractivity contribution in [2.75, 3.05) is 52.1 Å². The van der Waals surface area contributed by atoms with Gasteiger partial charge in [-0.15, -0.1) is 0 Å². The summed E-state index contributed by atoms with van der Waals surface area (Å²) in [6.07, 6.45) is 3.81. The lowest BCUT2D eigenvalue weighted by Crippen LogP contribution is -2.32. The van der Waals surface area contributed by atoms with E-state index in [1.165, 1.54) is 31.5 Å². The van der Waals surface area contributed by atoms with Gasteiger partial charge in [-0.2, -0.15) is 0 Å². The van der Waals surface area contributed by atoms with Crippen molar-refractivity contribution < 1.29 is 9.59 Å². The highest BCUT2D eigenvalue weighted by atomic mass is 16.2. The number of carbonyl (C=O) groups is 2. The van der Waals surface area contributed by atoms with E-state index in [0.717, 1.165) is 37.7 Å². The predicted octanol–water partition coefficient (Wildman–Crippen LogP) is 2.66. The molecule has 0 bridgehead atoms. The highest BCUT2D eigenvalue weighted by molar-refractivity contribution is 5.97. The summed E-state index contributed by atoms with van der Waals surface area (Å²) in [7, 11) is 4.06. The van der Waals surface area contributed by atoms with Gasteiger partial charge in [0.2, 0.25) is 11.8 Å². The van der Waals surface area contributed by atoms with Crippen LogP contribution in [0.5, 0.6) is 0 Å². The molecule has 0 radical (unpaired) electrons. The first-order valence-corrected chi connectivity index (χ1v) is 11.0. The zero-order chi connectivity index (χ0) is 20.8. The minimum atomic E-state index is -0.253. The number of likely N-dealkylation sites (tertiary alicyclic amines) is 2. The molecule has 0 saturated carbocycles. The minimum absolute atomic E-state index is 0.0498. The van der Waals surface area contributed by atoms with Gasteiger partial charge in [0.05, 0.1) is 5.92 Å². The molecule has 2 fully saturated rings. The molecule has 160 valence electrons. The number of benzene rings is 1. The van der Waals surface area contributed by atoms with E-state index in [2.05, 4.69) is 34.2 Å². The topological polar surface area (TPSA) is 55.9 Å². The number of nitrogens with one attached hydrogen (secondary N) is 1. The number of anilines is 1. The van der Waals surface area contributed by atoms with Gasteiger partial charge in [0.15, 0.2) is 0 Å². The quantitative estimate of drug-likeness (QED) is 0.729. The molecule has 6 heteroatoms. The van der Waals surface area contributed by atoms with Gasteiger partial charge in [-0.25, -0.2) is 0 Å². The average Bonchev–Trinajstić information content (AvgIpc) is 3.06. The third-order valence-corrected chi connectivity index (χ3v) is 6.12. The number of piperidine rings is 1. The van der Waals surface area contributed by atoms with Crippen LogP contribution in [0.15, 0.2) is 24.3 Å². The molecule has 2 amide bonds. The van der Waals surface area contributed by atoms with E-state index in [0.29, 0.717) is 13.0 Å². The molecule has 1 aromatic rings. The highest BCUT2D eigenvalue weighted by Crippen LogP contribution is 2.22. The smallest absolute Gasteiger partial charge is 0.229 e. The number of amides is 2. The van der Waals surface area contributed by atoms with Crippen molar-refractivity contribution in [1.82, 2.24) is 14.7 Å². The summed E-state index contributed by atoms with van der Waals surface area (Å²) in [6, 6.07) is 8.15. The molecule has 2 aliphatic heterocycles. The molecule has 6 nitrogen and oxygen atoms in total. The molecular formula is C23H36N4O2. The monoisotopic (exact) mass is 400 g/mol. The van der Waals surface area contributed by atoms with Gasteiger partial charge in [-0.05, 0) is 76.6 Å². The van der Waals surface area contributed by atoms with Crippen molar-refractivity contribution >= 4 is 17.5 Å². The Morgan fingerprint density at radius 1 is 1.17 bits per heavy atom. The molecule has 1 N–H and O–H groups in total. The molecule has 29 heavy (non-hydrogen) atoms. The fourth-order valence-corrected chi connectivity index (χ4v) is 4.16. The van der Waals surface area contributed by atoms with Crippen molar-refractivity contribution in [3.8, 4) is 0 Å². The molecule has 2 aliphatic rings. The van der Waals surface area contributed by atoms with Gasteiger partial charge >= 0.3 is 0 Å². The van der Waals surface area contributed by atoms with Gasteiger partial charge in [0.1, 0.15) is 0 Å². The number of carbonyl (C=O) groups excluding carboxylic acids is 2. The number of hydrogen-bond donors (Lipinski definition) is 1. The fraction of sp³-hybridized carbons (Fsp3) is 0.652. The van der Waals surface area contributed by atoms with Gasteiger partial charge in [0, 0.05) is 31.7 Å². The van der Waals surface area contributed by atoms with E-state index < -0.39 is 0 Å². The van der Waals surface area contributed by atoms with Crippen LogP contribution < -0.4 is 5.32 Å². The third-order valence-electron chi connectivity index (χ3n) is 6.12. The van der Waals surface area contributed by atoms with Crippen LogP contribution >= 0.6 is 0 Å². The van der Waals surface area contributed by atoms with Crippen LogP contribution in [0, 0.1) is 11.8 Å². The lowest BCUT2D eigenvalue weighted by molar-refractivity contribution is -0.128. The Bertz CT molecular complexity index is 681. The number of rotatable bonds is 8. The van der Waals surface area contributed by atoms with E-state index in [1.54, 1.807) is 0 Å². The summed E-state index contributed by atoms with van der Waals surface area (Å²) < 4.78 is 0. The zero-order valence-electron chi connectivity index (χ0n) is 18.2. The van der Waals surface area contributed by atoms with E-state index in [1.807, 2.05) is 31.1 Å². The summed E-state index contributed by atoms with van der Waals surface area (Å²) in [4.78, 5) is 31.3. The van der Waals surface area contributed by atoms with E-state index >= 15 is 0 Å². The van der Waals surface area contributed by atoms with Gasteiger partial charge in [0.25, 0.3) is 0 Å². The van der Waals surface area contributed by atoms with E-state index in [4.69, 9.17) is 0 Å². The number of hydrogen-bond acceptors (Lipinski definition) is 4. The second-order valence-electron chi connectivity index (χ2n) is 9.04. The maximum Gasteiger partial charge on any atom is 0.229 e. The lowest BCUT2D eigenvalue weighted by atomic mass is 9.99. The Kier molecular flexibility index (Phi) is 7.67. The first-order valence-electron chi connectivity index (χ1n) is 11.0. The predicted molar refractivity (Wildman–Crippen MR) is 117 cm³/mol. The largest absolute Gasteiger partial charge is 0.342 e. The summed E-state index contributed by atoms with van der Waals surface area (Å²) in [6.45, 7) is 7.84. The fourth-order valence-electron chi connectivity index (χ4n) is 4.16. The van der Waals surface area contributed by atoms with Crippen LogP contribution in [0.25, 0.3) is 0 Å². The summed E-state index contributed by atoms with van der Waals surface area (Å²) >= 11 is 0. The molecular weight excluding hydrogens is 364 g/mol. The van der Waals surface area contributed by atoms with Crippen molar-refractivity contribution in [1.29, 1.82) is 0 Å². The van der Waals surface area contributed by atoms with Crippen LogP contribution in [0.4, 0.5) is 5.69 Å². The average molecular weight is 401 g/mol. The second-order valence-corrected chi connectivity index (χ2v) is 9.04. The maximum atomic E-state index is 12.6. The van der Waals surface area contributed by atoms with Crippen molar-refractivity contribution in [3.63, 3.8) is 0 Å². The Morgan fingerprint density at radius 3 is 2.52 bits per heavy atom. The van der Waals surface area contributed by atoms with E-state index in [-0.39, 0.29) is 17.7 Å². The Balaban J connectivity index is 1.45. The van der Waals surface area contributed by atoms with Crippen LogP contribution in [0.2, 0.25) is 0 Å². The SMILES string of the molecule is CC1CCN(Cc2ccc(NC(=O)C3CC(=O)N(CCCN(C)C)C3)cc2)CC1. The third kappa shape index (κ3) is 6.54. The summed E-state index contributed by atoms with van der Waals surface area (Å²) in [5, 5.41) is 3.00. The Morgan fingerprint density at radius 2 is 1.86 bits per heavy atom. The first-order chi connectivity index (χ1) is 13.9. The molecule has 0 aromatic heterocycles. The van der Waals surface area contributed by atoms with E-state index in [9.17, 15) is 9.59 Å². The molecule has 2 heterocycles. The van der Waals surface area contributed by atoms with Crippen molar-refractivity contribution in [3.05, 3.63) is 29.8 Å². The standard InChI is InChI=1S/C23H36N4O2/c1-18-9-13-26(14-10-18)16-19-5-7-21(8-6-19)24-23(29)20-15-22(28)27(17-20)12-4-11-25(2)3/h5-8,18,20H,4,9-17H2,1-3H3,(H,24,29). The second kappa shape index (κ2) is 10.2. The van der Waals surface area contributed by atoms with Crippen LogP contribution in [0.1, 0.15) is 38.2 Å². The Labute approximate surface area is 175 Å². The minimum Gasteiger partial charge on any atom is -0.342 e. The number of nitrogens with zero attached hydrogens (tertiary/aromatic N) is 3. The first kappa shape index (κ1) is 21.8. The summed E-state index contributed by atoms with van der Waals surface area (Å²) in [5.74, 6) is 0.633. The molecule has 1 unspecified atom stereocenters. The molecule has 3 rings (SSSR count). The highest BCUT2D eigenvalue weighted by Gasteiger charge is 2.33. The Hall–Kier alpha value is -1.92. The van der Waals surface area contributed by atoms with Gasteiger partial charge in [-0.1, -0.05) is 19.1 Å². The lowest BCUT2D eigenvalue weighted by Gasteiger charge is -2.30. The maximum absolute atomic E-state index is 12.6. The van der Waals surface area contributed by atoms with Crippen LogP contribution in [0.3, 0.4) is 0 Å². The molecule has 1 atom stereocenters. The van der Waals surface area contributed by atoms with Crippen molar-refractivity contribution in [2.24, 2.45) is 11.8 Å². The van der Waals surface area contributed by atoms with Crippen molar-refractivity contribution in [2.45, 2.75) is 39.2 Å². The molecule has 1 aromatic carbocycles. The van der Waals surface area contributed by atoms with Gasteiger partial charge < -0.3 is 15.1 Å². The van der Waals surface area contributed by atoms with Crippen LogP contribution in [-0.4, -0.2) is 73.3 Å². The normalized spacial score (nSPS) is 21.2. The zero-order valence-corrected chi connectivity index (χ0v) is 18.2. The van der Waals surface area contributed by atoms with Crippen LogP contribution in [-0.2, 0) is 16.1 Å².